The fourth-order valence-electron chi connectivity index (χ4n) is 12.9. The number of hydrogen-bond donors (Lipinski definition) is 4. The average molecular weight is 954 g/mol. The van der Waals surface area contributed by atoms with Crippen LogP contribution in [0, 0.1) is 15.5 Å². The standard InChI is InChI=1S/C67H47N5S/c1-40-10-8-11-42(49-16-9-12-43-36-37-70-39-56(43)49)24-30-48(40)44-22-28-47(29-23-44)73(68,69)46-26-20-41(21-27-46)45-25-35-62-55(38-45)52-32-34-60-64(66(52)72-62)54-15-3-6-18-58(54)67(60)57-17-5-2-14-53(57)63-59(67)33-31-51-50-13-4-7-19-61(50)71-65(51)63/h2-9,11-40,68-69,71-72H,10H2,1H3. The zero-order chi connectivity index (χ0) is 48.6. The summed E-state index contributed by atoms with van der Waals surface area (Å²) < 4.78 is 19.0. The van der Waals surface area contributed by atoms with Crippen LogP contribution in [-0.2, 0) is 15.0 Å². The first-order chi connectivity index (χ1) is 35.9. The number of para-hydroxylation sites is 1. The second kappa shape index (κ2) is 15.6. The molecule has 4 N–H and O–H groups in total. The van der Waals surface area contributed by atoms with Crippen LogP contribution in [-0.4, -0.2) is 15.0 Å². The van der Waals surface area contributed by atoms with Crippen molar-refractivity contribution in [3.63, 3.8) is 0 Å². The summed E-state index contributed by atoms with van der Waals surface area (Å²) >= 11 is 0. The average Bonchev–Trinajstić information content (AvgIpc) is 4.28. The number of fused-ring (bicyclic) bond motifs is 19. The van der Waals surface area contributed by atoms with E-state index < -0.39 is 15.0 Å². The maximum Gasteiger partial charge on any atom is 0.0727 e. The van der Waals surface area contributed by atoms with Crippen molar-refractivity contribution in [2.24, 2.45) is 5.92 Å². The molecule has 73 heavy (non-hydrogen) atoms. The smallest absolute Gasteiger partial charge is 0.0727 e. The maximum atomic E-state index is 9.48. The number of rotatable bonds is 5. The second-order valence-electron chi connectivity index (χ2n) is 20.1. The molecule has 9 aromatic carbocycles. The van der Waals surface area contributed by atoms with Gasteiger partial charge in [0.1, 0.15) is 0 Å². The van der Waals surface area contributed by atoms with Crippen molar-refractivity contribution < 1.29 is 0 Å². The van der Waals surface area contributed by atoms with Crippen molar-refractivity contribution in [2.45, 2.75) is 28.6 Å². The van der Waals surface area contributed by atoms with Crippen LogP contribution < -0.4 is 0 Å². The quantitative estimate of drug-likeness (QED) is 0.136. The predicted octanol–water partition coefficient (Wildman–Crippen LogP) is 17.7. The zero-order valence-corrected chi connectivity index (χ0v) is 40.8. The first-order valence-electron chi connectivity index (χ1n) is 25.1. The fraction of sp³-hybridized carbons (Fsp3) is 0.0597. The highest BCUT2D eigenvalue weighted by Gasteiger charge is 2.52. The number of nitrogens with zero attached hydrogens (tertiary/aromatic N) is 1. The van der Waals surface area contributed by atoms with E-state index in [1.165, 1.54) is 88.1 Å². The lowest BCUT2D eigenvalue weighted by atomic mass is 9.70. The van der Waals surface area contributed by atoms with Crippen LogP contribution in [0.3, 0.4) is 0 Å². The molecule has 3 aliphatic rings. The van der Waals surface area contributed by atoms with Gasteiger partial charge in [0.2, 0.25) is 0 Å². The molecule has 5 nitrogen and oxygen atoms in total. The Labute approximate surface area is 423 Å². The summed E-state index contributed by atoms with van der Waals surface area (Å²) in [6.45, 7) is 2.27. The van der Waals surface area contributed by atoms with E-state index in [-0.39, 0.29) is 0 Å². The van der Waals surface area contributed by atoms with Crippen molar-refractivity contribution in [2.75, 3.05) is 0 Å². The van der Waals surface area contributed by atoms with Gasteiger partial charge in [-0.3, -0.25) is 14.5 Å². The Hall–Kier alpha value is -8.84. The number of benzene rings is 9. The Kier molecular flexibility index (Phi) is 8.94. The first-order valence-corrected chi connectivity index (χ1v) is 26.8. The molecule has 6 heteroatoms. The van der Waals surface area contributed by atoms with E-state index in [1.807, 2.05) is 36.7 Å². The number of hydrogen-bond acceptors (Lipinski definition) is 3. The lowest BCUT2D eigenvalue weighted by Gasteiger charge is -2.30. The molecule has 0 saturated heterocycles. The largest absolute Gasteiger partial charge is 0.354 e. The van der Waals surface area contributed by atoms with Crippen LogP contribution in [0.1, 0.15) is 46.7 Å². The maximum absolute atomic E-state index is 9.48. The lowest BCUT2D eigenvalue weighted by molar-refractivity contribution is 0.765. The zero-order valence-electron chi connectivity index (χ0n) is 40.0. The van der Waals surface area contributed by atoms with Gasteiger partial charge in [-0.25, -0.2) is 0 Å². The van der Waals surface area contributed by atoms with Crippen LogP contribution >= 0.6 is 0 Å². The SMILES string of the molecule is CC1CC=CC(c2cccc3ccncc23)=CC=C1c1ccc(S(=N)(=N)c2ccc(-c3ccc4[nH]c5c6c(ccc5c4c3)C3(c4ccccc4-c4c3ccc3c4[nH]c4ccccc43)c3ccccc3-6)cc2)cc1. The molecule has 15 rings (SSSR count). The van der Waals surface area contributed by atoms with E-state index in [1.54, 1.807) is 0 Å². The van der Waals surface area contributed by atoms with Gasteiger partial charge in [-0.05, 0) is 143 Å². The van der Waals surface area contributed by atoms with Gasteiger partial charge in [0, 0.05) is 71.3 Å². The van der Waals surface area contributed by atoms with Gasteiger partial charge in [-0.1, -0.05) is 171 Å². The summed E-state index contributed by atoms with van der Waals surface area (Å²) in [6, 6.07) is 67.7. The molecule has 1 spiro atoms. The summed E-state index contributed by atoms with van der Waals surface area (Å²) in [5, 5.41) is 7.19. The molecule has 0 aliphatic heterocycles. The van der Waals surface area contributed by atoms with E-state index in [9.17, 15) is 9.56 Å². The van der Waals surface area contributed by atoms with E-state index in [2.05, 4.69) is 210 Å². The van der Waals surface area contributed by atoms with E-state index >= 15 is 0 Å². The van der Waals surface area contributed by atoms with Crippen LogP contribution in [0.5, 0.6) is 0 Å². The van der Waals surface area contributed by atoms with Gasteiger partial charge in [-0.15, -0.1) is 0 Å². The Bertz CT molecular complexity index is 4540. The van der Waals surface area contributed by atoms with Crippen LogP contribution in [0.15, 0.2) is 235 Å². The van der Waals surface area contributed by atoms with Crippen LogP contribution in [0.25, 0.3) is 98.9 Å². The number of aromatic nitrogens is 3. The van der Waals surface area contributed by atoms with Crippen molar-refractivity contribution in [3.05, 3.63) is 258 Å². The number of allylic oxidation sites excluding steroid dienone is 6. The van der Waals surface area contributed by atoms with Gasteiger partial charge in [0.05, 0.1) is 16.4 Å². The molecule has 2 unspecified atom stereocenters. The van der Waals surface area contributed by atoms with Crippen molar-refractivity contribution in [1.29, 1.82) is 9.56 Å². The third-order valence-electron chi connectivity index (χ3n) is 16.3. The highest BCUT2D eigenvalue weighted by molar-refractivity contribution is 7.93. The van der Waals surface area contributed by atoms with Crippen LogP contribution in [0.4, 0.5) is 0 Å². The Morgan fingerprint density at radius 1 is 0.507 bits per heavy atom. The third kappa shape index (κ3) is 5.96. The minimum atomic E-state index is -2.78. The highest BCUT2D eigenvalue weighted by Crippen LogP contribution is 2.65. The Morgan fingerprint density at radius 2 is 1.11 bits per heavy atom. The fourth-order valence-corrected chi connectivity index (χ4v) is 14.2. The molecule has 0 bridgehead atoms. The summed E-state index contributed by atoms with van der Waals surface area (Å²) in [5.74, 6) is 0.311. The molecule has 3 heterocycles. The van der Waals surface area contributed by atoms with Crippen molar-refractivity contribution >= 4 is 75.2 Å². The molecule has 0 saturated carbocycles. The minimum Gasteiger partial charge on any atom is -0.354 e. The van der Waals surface area contributed by atoms with Gasteiger partial charge >= 0.3 is 0 Å². The first kappa shape index (κ1) is 41.9. The predicted molar refractivity (Wildman–Crippen MR) is 303 cm³/mol. The molecular weight excluding hydrogens is 907 g/mol. The molecule has 346 valence electrons. The van der Waals surface area contributed by atoms with Gasteiger partial charge in [0.25, 0.3) is 0 Å². The van der Waals surface area contributed by atoms with Crippen LogP contribution in [0.2, 0.25) is 0 Å². The van der Waals surface area contributed by atoms with Crippen molar-refractivity contribution in [3.8, 4) is 33.4 Å². The normalized spacial score (nSPS) is 16.9. The molecule has 0 fully saturated rings. The molecule has 3 aliphatic carbocycles. The molecule has 0 radical (unpaired) electrons. The van der Waals surface area contributed by atoms with E-state index in [4.69, 9.17) is 0 Å². The number of H-pyrrole nitrogens is 2. The summed E-state index contributed by atoms with van der Waals surface area (Å²) in [6.07, 6.45) is 13.7. The molecular formula is C67H47N5S. The molecule has 0 amide bonds. The lowest BCUT2D eigenvalue weighted by Crippen LogP contribution is -2.25. The van der Waals surface area contributed by atoms with Gasteiger partial charge in [-0.2, -0.15) is 0 Å². The minimum absolute atomic E-state index is 0.311. The number of nitrogens with one attached hydrogen (secondary N) is 4. The molecule has 2 atom stereocenters. The summed E-state index contributed by atoms with van der Waals surface area (Å²) in [5.41, 5.74) is 21.4. The monoisotopic (exact) mass is 953 g/mol. The van der Waals surface area contributed by atoms with Crippen molar-refractivity contribution in [1.82, 2.24) is 15.0 Å². The molecule has 12 aromatic rings. The number of aromatic amines is 2. The Balaban J connectivity index is 0.766. The van der Waals surface area contributed by atoms with Gasteiger partial charge in [0.15, 0.2) is 0 Å². The van der Waals surface area contributed by atoms with E-state index in [0.29, 0.717) is 15.7 Å². The third-order valence-corrected chi connectivity index (χ3v) is 18.3. The molecule has 3 aromatic heterocycles. The topological polar surface area (TPSA) is 92.2 Å². The van der Waals surface area contributed by atoms with E-state index in [0.717, 1.165) is 50.6 Å². The summed E-state index contributed by atoms with van der Waals surface area (Å²) in [7, 11) is -2.78. The Morgan fingerprint density at radius 3 is 1.82 bits per heavy atom. The summed E-state index contributed by atoms with van der Waals surface area (Å²) in [4.78, 5) is 13.6. The highest BCUT2D eigenvalue weighted by atomic mass is 32.2. The number of pyridine rings is 1. The second-order valence-corrected chi connectivity index (χ2v) is 22.2. The van der Waals surface area contributed by atoms with Gasteiger partial charge < -0.3 is 9.97 Å².